The van der Waals surface area contributed by atoms with Gasteiger partial charge in [0.25, 0.3) is 0 Å². The van der Waals surface area contributed by atoms with E-state index in [-0.39, 0.29) is 6.61 Å². The number of carbonyl (C=O) groups excluding carboxylic acids is 1. The van der Waals surface area contributed by atoms with Gasteiger partial charge < -0.3 is 14.7 Å². The number of hydrogen-bond acceptors (Lipinski definition) is 8. The SMILES string of the molecule is COC(=O)c1ccc(-c2nc(N(C)CCO)c3c(C)c(C#N)sc3n2)cc1. The minimum atomic E-state index is -0.408. The number of rotatable bonds is 5. The van der Waals surface area contributed by atoms with Gasteiger partial charge in [0.2, 0.25) is 0 Å². The van der Waals surface area contributed by atoms with Gasteiger partial charge in [-0.25, -0.2) is 14.8 Å². The average Bonchev–Trinajstić information content (AvgIpc) is 3.02. The van der Waals surface area contributed by atoms with Crippen molar-refractivity contribution in [1.29, 1.82) is 5.26 Å². The van der Waals surface area contributed by atoms with Crippen molar-refractivity contribution in [3.63, 3.8) is 0 Å². The Morgan fingerprint density at radius 1 is 1.33 bits per heavy atom. The zero-order valence-electron chi connectivity index (χ0n) is 15.2. The van der Waals surface area contributed by atoms with Crippen molar-refractivity contribution in [3.8, 4) is 17.5 Å². The lowest BCUT2D eigenvalue weighted by Crippen LogP contribution is -2.23. The lowest BCUT2D eigenvalue weighted by atomic mass is 10.1. The molecule has 1 aromatic carbocycles. The molecule has 0 radical (unpaired) electrons. The van der Waals surface area contributed by atoms with E-state index in [2.05, 4.69) is 16.0 Å². The Kier molecular flexibility index (Phi) is 5.35. The van der Waals surface area contributed by atoms with Crippen molar-refractivity contribution in [1.82, 2.24) is 9.97 Å². The summed E-state index contributed by atoms with van der Waals surface area (Å²) < 4.78 is 4.72. The van der Waals surface area contributed by atoms with E-state index in [0.29, 0.717) is 33.5 Å². The molecule has 8 heteroatoms. The summed E-state index contributed by atoms with van der Waals surface area (Å²) in [7, 11) is 3.17. The van der Waals surface area contributed by atoms with E-state index < -0.39 is 5.97 Å². The molecule has 7 nitrogen and oxygen atoms in total. The maximum absolute atomic E-state index is 11.6. The Morgan fingerprint density at radius 2 is 2.04 bits per heavy atom. The summed E-state index contributed by atoms with van der Waals surface area (Å²) in [4.78, 5) is 24.1. The molecule has 3 rings (SSSR count). The largest absolute Gasteiger partial charge is 0.465 e. The summed E-state index contributed by atoms with van der Waals surface area (Å²) >= 11 is 1.32. The molecule has 0 aliphatic carbocycles. The van der Waals surface area contributed by atoms with Crippen LogP contribution >= 0.6 is 11.3 Å². The molecule has 0 aliphatic heterocycles. The van der Waals surface area contributed by atoms with Crippen LogP contribution in [-0.2, 0) is 4.74 Å². The minimum absolute atomic E-state index is 0.0144. The number of esters is 1. The number of hydrogen-bond donors (Lipinski definition) is 1. The molecule has 0 unspecified atom stereocenters. The van der Waals surface area contributed by atoms with E-state index in [0.717, 1.165) is 16.5 Å². The Labute approximate surface area is 160 Å². The van der Waals surface area contributed by atoms with Crippen molar-refractivity contribution < 1.29 is 14.6 Å². The fourth-order valence-electron chi connectivity index (χ4n) is 2.76. The lowest BCUT2D eigenvalue weighted by molar-refractivity contribution is 0.0600. The van der Waals surface area contributed by atoms with Crippen LogP contribution in [0.1, 0.15) is 20.8 Å². The van der Waals surface area contributed by atoms with Crippen LogP contribution in [0.4, 0.5) is 5.82 Å². The molecule has 1 N–H and O–H groups in total. The number of aliphatic hydroxyl groups excluding tert-OH is 1. The van der Waals surface area contributed by atoms with Crippen LogP contribution < -0.4 is 4.90 Å². The number of anilines is 1. The third-order valence-electron chi connectivity index (χ3n) is 4.23. The summed E-state index contributed by atoms with van der Waals surface area (Å²) in [5.41, 5.74) is 2.02. The maximum atomic E-state index is 11.6. The van der Waals surface area contributed by atoms with Gasteiger partial charge in [-0.3, -0.25) is 0 Å². The maximum Gasteiger partial charge on any atom is 0.337 e. The summed E-state index contributed by atoms with van der Waals surface area (Å²) in [5.74, 6) is 0.745. The smallest absolute Gasteiger partial charge is 0.337 e. The summed E-state index contributed by atoms with van der Waals surface area (Å²) in [5, 5.41) is 19.5. The molecule has 0 spiro atoms. The molecule has 0 fully saturated rings. The molecule has 2 heterocycles. The standard InChI is InChI=1S/C19H18N4O3S/c1-11-14(10-20)27-18-15(11)17(23(2)8-9-24)21-16(22-18)12-4-6-13(7-5-12)19(25)26-3/h4-7,24H,8-9H2,1-3H3. The Balaban J connectivity index is 2.16. The Bertz CT molecular complexity index is 1040. The second-order valence-electron chi connectivity index (χ2n) is 5.93. The van der Waals surface area contributed by atoms with E-state index >= 15 is 0 Å². The minimum Gasteiger partial charge on any atom is -0.465 e. The van der Waals surface area contributed by atoms with Gasteiger partial charge in [-0.05, 0) is 24.6 Å². The van der Waals surface area contributed by atoms with Crippen molar-refractivity contribution in [2.24, 2.45) is 0 Å². The number of thiophene rings is 1. The van der Waals surface area contributed by atoms with Crippen LogP contribution in [-0.4, -0.2) is 48.4 Å². The highest BCUT2D eigenvalue weighted by Crippen LogP contribution is 2.36. The van der Waals surface area contributed by atoms with Crippen LogP contribution in [0.3, 0.4) is 0 Å². The predicted octanol–water partition coefficient (Wildman–Crippen LogP) is 2.75. The second kappa shape index (κ2) is 7.70. The normalized spacial score (nSPS) is 10.6. The first-order chi connectivity index (χ1) is 13.0. The van der Waals surface area contributed by atoms with Crippen molar-refractivity contribution in [3.05, 3.63) is 40.3 Å². The van der Waals surface area contributed by atoms with Gasteiger partial charge in [0.1, 0.15) is 21.6 Å². The van der Waals surface area contributed by atoms with Crippen LogP contribution in [0.15, 0.2) is 24.3 Å². The Morgan fingerprint density at radius 3 is 2.63 bits per heavy atom. The van der Waals surface area contributed by atoms with Crippen molar-refractivity contribution >= 4 is 33.3 Å². The van der Waals surface area contributed by atoms with Gasteiger partial charge in [0.15, 0.2) is 5.82 Å². The number of nitrogens with zero attached hydrogens (tertiary/aromatic N) is 4. The van der Waals surface area contributed by atoms with E-state index in [4.69, 9.17) is 4.74 Å². The molecule has 0 aliphatic rings. The van der Waals surface area contributed by atoms with Crippen LogP contribution in [0.5, 0.6) is 0 Å². The fraction of sp³-hybridized carbons (Fsp3) is 0.263. The van der Waals surface area contributed by atoms with Gasteiger partial charge in [-0.15, -0.1) is 11.3 Å². The number of aryl methyl sites for hydroxylation is 1. The Hall–Kier alpha value is -3.02. The number of ether oxygens (including phenoxy) is 1. The zero-order chi connectivity index (χ0) is 19.6. The van der Waals surface area contributed by atoms with E-state index in [1.165, 1.54) is 18.4 Å². The molecule has 0 saturated carbocycles. The van der Waals surface area contributed by atoms with Crippen molar-refractivity contribution in [2.75, 3.05) is 32.2 Å². The van der Waals surface area contributed by atoms with Gasteiger partial charge in [-0.1, -0.05) is 12.1 Å². The molecule has 27 heavy (non-hydrogen) atoms. The number of benzene rings is 1. The number of nitriles is 1. The van der Waals surface area contributed by atoms with Gasteiger partial charge >= 0.3 is 5.97 Å². The lowest BCUT2D eigenvalue weighted by Gasteiger charge is -2.19. The number of carbonyl (C=O) groups is 1. The molecule has 2 aromatic heterocycles. The van der Waals surface area contributed by atoms with E-state index in [1.54, 1.807) is 24.3 Å². The molecule has 138 valence electrons. The van der Waals surface area contributed by atoms with Crippen LogP contribution in [0.2, 0.25) is 0 Å². The molecule has 0 bridgehead atoms. The van der Waals surface area contributed by atoms with Gasteiger partial charge in [0.05, 0.1) is 24.7 Å². The number of methoxy groups -OCH3 is 1. The number of likely N-dealkylation sites (N-methyl/N-ethyl adjacent to an activating group) is 1. The van der Waals surface area contributed by atoms with Crippen molar-refractivity contribution in [2.45, 2.75) is 6.92 Å². The first-order valence-corrected chi connectivity index (χ1v) is 9.03. The highest BCUT2D eigenvalue weighted by Gasteiger charge is 2.19. The molecular formula is C19H18N4O3S. The third kappa shape index (κ3) is 3.47. The monoisotopic (exact) mass is 382 g/mol. The van der Waals surface area contributed by atoms with Gasteiger partial charge in [0, 0.05) is 19.2 Å². The van der Waals surface area contributed by atoms with E-state index in [9.17, 15) is 15.2 Å². The molecule has 0 amide bonds. The van der Waals surface area contributed by atoms with Gasteiger partial charge in [-0.2, -0.15) is 5.26 Å². The molecule has 0 saturated heterocycles. The molecule has 0 atom stereocenters. The fourth-order valence-corrected chi connectivity index (χ4v) is 3.73. The third-order valence-corrected chi connectivity index (χ3v) is 5.32. The summed E-state index contributed by atoms with van der Waals surface area (Å²) in [6, 6.07) is 9.04. The highest BCUT2D eigenvalue weighted by molar-refractivity contribution is 7.19. The quantitative estimate of drug-likeness (QED) is 0.677. The predicted molar refractivity (Wildman–Crippen MR) is 104 cm³/mol. The first-order valence-electron chi connectivity index (χ1n) is 8.22. The first kappa shape index (κ1) is 18.8. The molecular weight excluding hydrogens is 364 g/mol. The van der Waals surface area contributed by atoms with E-state index in [1.807, 2.05) is 18.9 Å². The summed E-state index contributed by atoms with van der Waals surface area (Å²) in [6.07, 6.45) is 0. The number of aliphatic hydroxyl groups is 1. The zero-order valence-corrected chi connectivity index (χ0v) is 16.0. The number of aromatic nitrogens is 2. The topological polar surface area (TPSA) is 99.3 Å². The van der Waals surface area contributed by atoms with Crippen LogP contribution in [0, 0.1) is 18.3 Å². The van der Waals surface area contributed by atoms with Crippen LogP contribution in [0.25, 0.3) is 21.6 Å². The highest BCUT2D eigenvalue weighted by atomic mass is 32.1. The molecule has 3 aromatic rings. The average molecular weight is 382 g/mol. The second-order valence-corrected chi connectivity index (χ2v) is 6.93. The summed E-state index contributed by atoms with van der Waals surface area (Å²) in [6.45, 7) is 2.27. The number of fused-ring (bicyclic) bond motifs is 1.